The van der Waals surface area contributed by atoms with Crippen LogP contribution < -0.4 is 11.1 Å². The summed E-state index contributed by atoms with van der Waals surface area (Å²) < 4.78 is 1.15. The summed E-state index contributed by atoms with van der Waals surface area (Å²) in [5.41, 5.74) is 7.87. The predicted molar refractivity (Wildman–Crippen MR) is 80.8 cm³/mol. The Labute approximate surface area is 120 Å². The second-order valence-corrected chi connectivity index (χ2v) is 6.53. The summed E-state index contributed by atoms with van der Waals surface area (Å²) in [5.74, 6) is 0. The number of rotatable bonds is 5. The molecule has 3 N–H and O–H groups in total. The lowest BCUT2D eigenvalue weighted by atomic mass is 10.0. The number of anilines is 1. The quantitative estimate of drug-likeness (QED) is 0.886. The van der Waals surface area contributed by atoms with E-state index >= 15 is 0 Å². The molecular weight excluding hydrogens is 310 g/mol. The minimum atomic E-state index is 0.290. The molecule has 0 bridgehead atoms. The Morgan fingerprint density at radius 2 is 2.28 bits per heavy atom. The van der Waals surface area contributed by atoms with Crippen LogP contribution in [0.1, 0.15) is 23.4 Å². The summed E-state index contributed by atoms with van der Waals surface area (Å²) in [7, 11) is 0. The van der Waals surface area contributed by atoms with Crippen molar-refractivity contribution in [2.24, 2.45) is 0 Å². The van der Waals surface area contributed by atoms with Crippen LogP contribution in [-0.4, -0.2) is 11.5 Å². The first-order valence-electron chi connectivity index (χ1n) is 5.87. The van der Waals surface area contributed by atoms with E-state index in [1.165, 1.54) is 4.88 Å². The predicted octanol–water partition coefficient (Wildman–Crippen LogP) is 3.38. The highest BCUT2D eigenvalue weighted by Crippen LogP contribution is 2.30. The summed E-state index contributed by atoms with van der Waals surface area (Å²) in [6.45, 7) is 3.04. The van der Waals surface area contributed by atoms with Gasteiger partial charge < -0.3 is 11.1 Å². The van der Waals surface area contributed by atoms with Crippen molar-refractivity contribution in [1.29, 1.82) is 0 Å². The molecule has 0 fully saturated rings. The number of halogens is 1. The van der Waals surface area contributed by atoms with E-state index in [-0.39, 0.29) is 6.04 Å². The number of nitrogens with two attached hydrogens (primary N) is 1. The highest BCUT2D eigenvalue weighted by atomic mass is 79.9. The average Bonchev–Trinajstić information content (AvgIpc) is 2.78. The summed E-state index contributed by atoms with van der Waals surface area (Å²) in [4.78, 5) is 5.46. The van der Waals surface area contributed by atoms with Crippen molar-refractivity contribution in [3.63, 3.8) is 0 Å². The first-order chi connectivity index (χ1) is 8.70. The third-order valence-corrected chi connectivity index (χ3v) is 4.49. The first kappa shape index (κ1) is 13.5. The monoisotopic (exact) mass is 325 g/mol. The second-order valence-electron chi connectivity index (χ2n) is 4.03. The van der Waals surface area contributed by atoms with Crippen molar-refractivity contribution in [3.05, 3.63) is 44.8 Å². The number of nitrogens with one attached hydrogen (secondary N) is 1. The van der Waals surface area contributed by atoms with Crippen molar-refractivity contribution in [2.75, 3.05) is 12.3 Å². The van der Waals surface area contributed by atoms with Crippen molar-refractivity contribution in [2.45, 2.75) is 19.4 Å². The number of pyridine rings is 1. The summed E-state index contributed by atoms with van der Waals surface area (Å²) >= 11 is 5.26. The average molecular weight is 326 g/mol. The van der Waals surface area contributed by atoms with E-state index in [1.54, 1.807) is 17.5 Å². The molecule has 18 heavy (non-hydrogen) atoms. The fourth-order valence-corrected chi connectivity index (χ4v) is 3.36. The lowest BCUT2D eigenvalue weighted by Gasteiger charge is -2.17. The zero-order chi connectivity index (χ0) is 13.0. The van der Waals surface area contributed by atoms with Crippen molar-refractivity contribution in [3.8, 4) is 0 Å². The van der Waals surface area contributed by atoms with Crippen molar-refractivity contribution in [1.82, 2.24) is 10.3 Å². The molecule has 2 heterocycles. The van der Waals surface area contributed by atoms with Gasteiger partial charge >= 0.3 is 0 Å². The van der Waals surface area contributed by atoms with Crippen LogP contribution in [0.5, 0.6) is 0 Å². The third kappa shape index (κ3) is 3.31. The Morgan fingerprint density at radius 3 is 2.89 bits per heavy atom. The van der Waals surface area contributed by atoms with Gasteiger partial charge in [-0.3, -0.25) is 4.98 Å². The molecular formula is C13H16BrN3S. The second kappa shape index (κ2) is 6.31. The van der Waals surface area contributed by atoms with Gasteiger partial charge in [0.2, 0.25) is 0 Å². The van der Waals surface area contributed by atoms with Gasteiger partial charge in [0.05, 0.1) is 3.79 Å². The zero-order valence-electron chi connectivity index (χ0n) is 10.2. The van der Waals surface area contributed by atoms with Gasteiger partial charge in [0.15, 0.2) is 0 Å². The Bertz CT molecular complexity index is 512. The van der Waals surface area contributed by atoms with Crippen LogP contribution in [0.4, 0.5) is 5.69 Å². The number of hydrogen-bond acceptors (Lipinski definition) is 4. The highest BCUT2D eigenvalue weighted by molar-refractivity contribution is 9.11. The van der Waals surface area contributed by atoms with Crippen molar-refractivity contribution >= 4 is 33.0 Å². The minimum absolute atomic E-state index is 0.290. The molecule has 3 nitrogen and oxygen atoms in total. The zero-order valence-corrected chi connectivity index (χ0v) is 12.6. The number of nitrogens with zero attached hydrogens (tertiary/aromatic N) is 1. The van der Waals surface area contributed by atoms with Crippen LogP contribution in [0.25, 0.3) is 0 Å². The van der Waals surface area contributed by atoms with Crippen LogP contribution in [0, 0.1) is 0 Å². The SMILES string of the molecule is CCNC(Cc1cnccc1N)c1ccc(Br)s1. The molecule has 5 heteroatoms. The van der Waals surface area contributed by atoms with Gasteiger partial charge in [-0.25, -0.2) is 0 Å². The standard InChI is InChI=1S/C13H16BrN3S/c1-2-17-11(12-3-4-13(14)18-12)7-9-8-16-6-5-10(9)15/h3-6,8,11,17H,2,7H2,1H3,(H2,15,16). The summed E-state index contributed by atoms with van der Waals surface area (Å²) in [5, 5.41) is 3.49. The van der Waals surface area contributed by atoms with Crippen LogP contribution in [0.2, 0.25) is 0 Å². The summed E-state index contributed by atoms with van der Waals surface area (Å²) in [6, 6.07) is 6.37. The Hall–Kier alpha value is -0.910. The largest absolute Gasteiger partial charge is 0.398 e. The molecule has 1 atom stereocenters. The molecule has 0 aliphatic rings. The Kier molecular flexibility index (Phi) is 4.74. The highest BCUT2D eigenvalue weighted by Gasteiger charge is 2.14. The van der Waals surface area contributed by atoms with Crippen molar-refractivity contribution < 1.29 is 0 Å². The summed E-state index contributed by atoms with van der Waals surface area (Å²) in [6.07, 6.45) is 4.44. The third-order valence-electron chi connectivity index (χ3n) is 2.75. The molecule has 0 aliphatic carbocycles. The molecule has 0 aliphatic heterocycles. The maximum absolute atomic E-state index is 5.97. The van der Waals surface area contributed by atoms with Gasteiger partial charge in [-0.2, -0.15) is 0 Å². The minimum Gasteiger partial charge on any atom is -0.398 e. The number of thiophene rings is 1. The topological polar surface area (TPSA) is 50.9 Å². The molecule has 2 rings (SSSR count). The van der Waals surface area contributed by atoms with Gasteiger partial charge in [-0.15, -0.1) is 11.3 Å². The maximum atomic E-state index is 5.97. The molecule has 0 spiro atoms. The lowest BCUT2D eigenvalue weighted by molar-refractivity contribution is 0.558. The van der Waals surface area contributed by atoms with E-state index in [2.05, 4.69) is 45.3 Å². The van der Waals surface area contributed by atoms with Gasteiger partial charge in [0, 0.05) is 29.0 Å². The molecule has 0 saturated carbocycles. The molecule has 1 unspecified atom stereocenters. The van der Waals surface area contributed by atoms with Gasteiger partial charge in [0.25, 0.3) is 0 Å². The molecule has 0 amide bonds. The normalized spacial score (nSPS) is 12.6. The molecule has 0 saturated heterocycles. The Balaban J connectivity index is 2.19. The molecule has 0 aromatic carbocycles. The van der Waals surface area contributed by atoms with E-state index in [9.17, 15) is 0 Å². The number of likely N-dealkylation sites (N-methyl/N-ethyl adjacent to an activating group) is 1. The van der Waals surface area contributed by atoms with Gasteiger partial charge in [0.1, 0.15) is 0 Å². The maximum Gasteiger partial charge on any atom is 0.0701 e. The van der Waals surface area contributed by atoms with Crippen LogP contribution in [0.3, 0.4) is 0 Å². The lowest BCUT2D eigenvalue weighted by Crippen LogP contribution is -2.22. The van der Waals surface area contributed by atoms with E-state index < -0.39 is 0 Å². The van der Waals surface area contributed by atoms with E-state index in [4.69, 9.17) is 5.73 Å². The number of aromatic nitrogens is 1. The fourth-order valence-electron chi connectivity index (χ4n) is 1.86. The van der Waals surface area contributed by atoms with Gasteiger partial charge in [-0.05, 0) is 52.7 Å². The molecule has 0 radical (unpaired) electrons. The number of hydrogen-bond donors (Lipinski definition) is 2. The van der Waals surface area contributed by atoms with Crippen LogP contribution in [0.15, 0.2) is 34.4 Å². The van der Waals surface area contributed by atoms with Crippen LogP contribution in [-0.2, 0) is 6.42 Å². The number of nitrogen functional groups attached to an aromatic ring is 1. The molecule has 2 aromatic heterocycles. The Morgan fingerprint density at radius 1 is 1.44 bits per heavy atom. The van der Waals surface area contributed by atoms with Gasteiger partial charge in [-0.1, -0.05) is 6.92 Å². The van der Waals surface area contributed by atoms with Crippen LogP contribution >= 0.6 is 27.3 Å². The molecule has 96 valence electrons. The van der Waals surface area contributed by atoms with E-state index in [1.807, 2.05) is 12.3 Å². The molecule has 2 aromatic rings. The van der Waals surface area contributed by atoms with E-state index in [0.29, 0.717) is 0 Å². The smallest absolute Gasteiger partial charge is 0.0701 e. The first-order valence-corrected chi connectivity index (χ1v) is 7.48. The van der Waals surface area contributed by atoms with E-state index in [0.717, 1.165) is 28.0 Å². The fraction of sp³-hybridized carbons (Fsp3) is 0.308.